The number of aldehydes is 1. The molecule has 0 radical (unpaired) electrons. The van der Waals surface area contributed by atoms with E-state index in [0.29, 0.717) is 17.9 Å². The molecule has 0 spiro atoms. The fourth-order valence-corrected chi connectivity index (χ4v) is 1.45. The van der Waals surface area contributed by atoms with Crippen molar-refractivity contribution in [1.82, 2.24) is 9.97 Å². The second-order valence-electron chi connectivity index (χ2n) is 3.58. The van der Waals surface area contributed by atoms with E-state index in [1.165, 1.54) is 12.8 Å². The van der Waals surface area contributed by atoms with Gasteiger partial charge in [-0.2, -0.15) is 0 Å². The molecule has 1 saturated carbocycles. The standard InChI is InChI=1S/C9H11N3O2/c10-9(14)8-6(3-5-1-2-5)11-7(4-13)12-8/h4-5H,1-3H2,(H2,10,14)(H,11,12). The number of nitrogens with two attached hydrogens (primary N) is 1. The summed E-state index contributed by atoms with van der Waals surface area (Å²) in [5.74, 6) is 0.215. The van der Waals surface area contributed by atoms with Crippen LogP contribution in [0.5, 0.6) is 0 Å². The van der Waals surface area contributed by atoms with Crippen molar-refractivity contribution in [3.05, 3.63) is 17.2 Å². The summed E-state index contributed by atoms with van der Waals surface area (Å²) in [6.45, 7) is 0. The van der Waals surface area contributed by atoms with Crippen molar-refractivity contribution in [2.75, 3.05) is 0 Å². The Kier molecular flexibility index (Phi) is 2.07. The lowest BCUT2D eigenvalue weighted by Gasteiger charge is -1.95. The number of nitrogens with zero attached hydrogens (tertiary/aromatic N) is 1. The van der Waals surface area contributed by atoms with E-state index in [4.69, 9.17) is 5.73 Å². The number of amides is 1. The fourth-order valence-electron chi connectivity index (χ4n) is 1.45. The van der Waals surface area contributed by atoms with Crippen molar-refractivity contribution in [2.24, 2.45) is 11.7 Å². The highest BCUT2D eigenvalue weighted by molar-refractivity contribution is 5.93. The van der Waals surface area contributed by atoms with Gasteiger partial charge in [0.2, 0.25) is 0 Å². The van der Waals surface area contributed by atoms with Crippen LogP contribution in [0.25, 0.3) is 0 Å². The average Bonchev–Trinajstić information content (AvgIpc) is 2.83. The van der Waals surface area contributed by atoms with E-state index in [9.17, 15) is 9.59 Å². The van der Waals surface area contributed by atoms with Crippen LogP contribution in [0.2, 0.25) is 0 Å². The first-order valence-electron chi connectivity index (χ1n) is 4.54. The van der Waals surface area contributed by atoms with E-state index >= 15 is 0 Å². The van der Waals surface area contributed by atoms with Gasteiger partial charge in [-0.05, 0) is 25.2 Å². The van der Waals surface area contributed by atoms with Crippen LogP contribution in [0.3, 0.4) is 0 Å². The predicted octanol–water partition coefficient (Wildman–Crippen LogP) is 0.274. The topological polar surface area (TPSA) is 88.8 Å². The van der Waals surface area contributed by atoms with Crippen LogP contribution in [0.15, 0.2) is 0 Å². The highest BCUT2D eigenvalue weighted by Gasteiger charge is 2.25. The molecule has 1 aliphatic rings. The molecule has 1 aliphatic carbocycles. The van der Waals surface area contributed by atoms with Crippen LogP contribution < -0.4 is 5.73 Å². The van der Waals surface area contributed by atoms with Crippen molar-refractivity contribution in [2.45, 2.75) is 19.3 Å². The first kappa shape index (κ1) is 8.93. The molecule has 14 heavy (non-hydrogen) atoms. The van der Waals surface area contributed by atoms with Crippen molar-refractivity contribution in [3.8, 4) is 0 Å². The highest BCUT2D eigenvalue weighted by Crippen LogP contribution is 2.32. The lowest BCUT2D eigenvalue weighted by atomic mass is 10.2. The normalized spacial score (nSPS) is 15.4. The van der Waals surface area contributed by atoms with E-state index < -0.39 is 5.91 Å². The van der Waals surface area contributed by atoms with Crippen molar-refractivity contribution in [1.29, 1.82) is 0 Å². The minimum absolute atomic E-state index is 0.175. The summed E-state index contributed by atoms with van der Waals surface area (Å²) in [6.07, 6.45) is 3.70. The number of carbonyl (C=O) groups excluding carboxylic acids is 2. The van der Waals surface area contributed by atoms with Crippen LogP contribution in [0.4, 0.5) is 0 Å². The minimum Gasteiger partial charge on any atom is -0.364 e. The van der Waals surface area contributed by atoms with Crippen LogP contribution in [-0.4, -0.2) is 22.2 Å². The van der Waals surface area contributed by atoms with E-state index in [1.54, 1.807) is 0 Å². The summed E-state index contributed by atoms with van der Waals surface area (Å²) < 4.78 is 0. The van der Waals surface area contributed by atoms with Crippen molar-refractivity contribution < 1.29 is 9.59 Å². The van der Waals surface area contributed by atoms with E-state index in [0.717, 1.165) is 6.42 Å². The third-order valence-corrected chi connectivity index (χ3v) is 2.33. The molecule has 2 rings (SSSR count). The predicted molar refractivity (Wildman–Crippen MR) is 48.9 cm³/mol. The molecule has 0 aromatic carbocycles. The Morgan fingerprint density at radius 1 is 1.64 bits per heavy atom. The Morgan fingerprint density at radius 2 is 2.36 bits per heavy atom. The summed E-state index contributed by atoms with van der Waals surface area (Å²) in [6, 6.07) is 0. The maximum absolute atomic E-state index is 11.0. The molecule has 1 fully saturated rings. The summed E-state index contributed by atoms with van der Waals surface area (Å²) >= 11 is 0. The Bertz CT molecular complexity index is 379. The second-order valence-corrected chi connectivity index (χ2v) is 3.58. The zero-order valence-corrected chi connectivity index (χ0v) is 7.62. The molecule has 1 aromatic heterocycles. The summed E-state index contributed by atoms with van der Waals surface area (Å²) in [7, 11) is 0. The van der Waals surface area contributed by atoms with Crippen molar-refractivity contribution >= 4 is 12.2 Å². The molecule has 1 amide bonds. The minimum atomic E-state index is -0.579. The molecular formula is C9H11N3O2. The molecule has 5 nitrogen and oxygen atoms in total. The number of hydrogen-bond acceptors (Lipinski definition) is 3. The number of aromatic amines is 1. The van der Waals surface area contributed by atoms with Gasteiger partial charge in [-0.15, -0.1) is 0 Å². The quantitative estimate of drug-likeness (QED) is 0.673. The number of aromatic nitrogens is 2. The Balaban J connectivity index is 2.28. The van der Waals surface area contributed by atoms with Gasteiger partial charge in [0.15, 0.2) is 12.1 Å². The molecule has 0 aliphatic heterocycles. The summed E-state index contributed by atoms with van der Waals surface area (Å²) in [4.78, 5) is 28.0. The number of hydrogen-bond donors (Lipinski definition) is 2. The van der Waals surface area contributed by atoms with E-state index in [1.807, 2.05) is 0 Å². The summed E-state index contributed by atoms with van der Waals surface area (Å²) in [5.41, 5.74) is 6.05. The Hall–Kier alpha value is -1.65. The Morgan fingerprint density at radius 3 is 2.86 bits per heavy atom. The fraction of sp³-hybridized carbons (Fsp3) is 0.444. The molecule has 5 heteroatoms. The van der Waals surface area contributed by atoms with Gasteiger partial charge in [-0.25, -0.2) is 4.98 Å². The first-order valence-corrected chi connectivity index (χ1v) is 4.54. The molecule has 3 N–H and O–H groups in total. The SMILES string of the molecule is NC(=O)c1nc(C=O)[nH]c1CC1CC1. The molecule has 1 heterocycles. The lowest BCUT2D eigenvalue weighted by Crippen LogP contribution is -2.14. The zero-order valence-electron chi connectivity index (χ0n) is 7.62. The number of H-pyrrole nitrogens is 1. The largest absolute Gasteiger partial charge is 0.364 e. The van der Waals surface area contributed by atoms with Gasteiger partial charge in [-0.1, -0.05) is 0 Å². The van der Waals surface area contributed by atoms with Crippen LogP contribution in [0.1, 0.15) is 39.6 Å². The number of primary amides is 1. The first-order chi connectivity index (χ1) is 6.70. The lowest BCUT2D eigenvalue weighted by molar-refractivity contribution is 0.0995. The average molecular weight is 193 g/mol. The van der Waals surface area contributed by atoms with Crippen molar-refractivity contribution in [3.63, 3.8) is 0 Å². The van der Waals surface area contributed by atoms with Gasteiger partial charge in [0.05, 0.1) is 0 Å². The summed E-state index contributed by atoms with van der Waals surface area (Å²) in [5, 5.41) is 0. The molecule has 0 unspecified atom stereocenters. The molecular weight excluding hydrogens is 182 g/mol. The molecule has 0 atom stereocenters. The molecule has 1 aromatic rings. The van der Waals surface area contributed by atoms with Gasteiger partial charge in [0, 0.05) is 5.69 Å². The van der Waals surface area contributed by atoms with Gasteiger partial charge in [0.25, 0.3) is 5.91 Å². The van der Waals surface area contributed by atoms with Gasteiger partial charge in [-0.3, -0.25) is 9.59 Å². The maximum atomic E-state index is 11.0. The molecule has 74 valence electrons. The number of nitrogens with one attached hydrogen (secondary N) is 1. The monoisotopic (exact) mass is 193 g/mol. The van der Waals surface area contributed by atoms with Crippen LogP contribution in [-0.2, 0) is 6.42 Å². The maximum Gasteiger partial charge on any atom is 0.269 e. The smallest absolute Gasteiger partial charge is 0.269 e. The molecule has 0 bridgehead atoms. The van der Waals surface area contributed by atoms with Crippen LogP contribution in [0, 0.1) is 5.92 Å². The van der Waals surface area contributed by atoms with Gasteiger partial charge in [0.1, 0.15) is 5.69 Å². The third kappa shape index (κ3) is 1.66. The van der Waals surface area contributed by atoms with Gasteiger partial charge >= 0.3 is 0 Å². The van der Waals surface area contributed by atoms with E-state index in [2.05, 4.69) is 9.97 Å². The van der Waals surface area contributed by atoms with Crippen LogP contribution >= 0.6 is 0 Å². The number of imidazole rings is 1. The highest BCUT2D eigenvalue weighted by atomic mass is 16.1. The number of rotatable bonds is 4. The number of carbonyl (C=O) groups is 2. The Labute approximate surface area is 80.7 Å². The zero-order chi connectivity index (χ0) is 10.1. The third-order valence-electron chi connectivity index (χ3n) is 2.33. The van der Waals surface area contributed by atoms with Gasteiger partial charge < -0.3 is 10.7 Å². The van der Waals surface area contributed by atoms with E-state index in [-0.39, 0.29) is 11.5 Å². The second kappa shape index (κ2) is 3.25. The molecule has 0 saturated heterocycles.